The molecule has 1 heterocycles. The van der Waals surface area contributed by atoms with Crippen molar-refractivity contribution in [2.75, 3.05) is 11.5 Å². The SMILES string of the molecule is CCc1oc2cc(OCc3ccccc3)c(O)cc2c1C(=O)c1cc(N)c(O)c(N)c1. The Hall–Kier alpha value is -4.13. The van der Waals surface area contributed by atoms with Crippen LogP contribution in [0.2, 0.25) is 0 Å². The highest BCUT2D eigenvalue weighted by Gasteiger charge is 2.24. The van der Waals surface area contributed by atoms with E-state index in [2.05, 4.69) is 0 Å². The van der Waals surface area contributed by atoms with Crippen LogP contribution in [0.5, 0.6) is 17.2 Å². The molecular formula is C24H22N2O5. The average molecular weight is 418 g/mol. The molecule has 0 aliphatic heterocycles. The summed E-state index contributed by atoms with van der Waals surface area (Å²) in [6, 6.07) is 15.3. The van der Waals surface area contributed by atoms with E-state index in [0.29, 0.717) is 28.7 Å². The van der Waals surface area contributed by atoms with Gasteiger partial charge in [0.05, 0.1) is 16.9 Å². The Morgan fingerprint density at radius 2 is 1.71 bits per heavy atom. The van der Waals surface area contributed by atoms with Crippen LogP contribution in [0.25, 0.3) is 11.0 Å². The van der Waals surface area contributed by atoms with Crippen molar-refractivity contribution in [2.45, 2.75) is 20.0 Å². The number of ether oxygens (including phenoxy) is 1. The number of benzene rings is 3. The van der Waals surface area contributed by atoms with Gasteiger partial charge >= 0.3 is 0 Å². The molecular weight excluding hydrogens is 396 g/mol. The fraction of sp³-hybridized carbons (Fsp3) is 0.125. The number of rotatable bonds is 6. The van der Waals surface area contributed by atoms with Crippen molar-refractivity contribution in [1.29, 1.82) is 0 Å². The number of nitrogens with two attached hydrogens (primary N) is 2. The molecule has 158 valence electrons. The van der Waals surface area contributed by atoms with Crippen LogP contribution >= 0.6 is 0 Å². The third-order valence-electron chi connectivity index (χ3n) is 5.06. The number of ketones is 1. The molecule has 0 bridgehead atoms. The molecule has 0 spiro atoms. The second-order valence-electron chi connectivity index (χ2n) is 7.18. The molecule has 0 atom stereocenters. The summed E-state index contributed by atoms with van der Waals surface area (Å²) in [5, 5.41) is 20.8. The van der Waals surface area contributed by atoms with Gasteiger partial charge in [0.1, 0.15) is 18.0 Å². The predicted octanol–water partition coefficient (Wildman–Crippen LogP) is 4.38. The number of hydrogen-bond acceptors (Lipinski definition) is 7. The summed E-state index contributed by atoms with van der Waals surface area (Å²) in [5.74, 6) is -0.0195. The number of hydrogen-bond donors (Lipinski definition) is 4. The van der Waals surface area contributed by atoms with Crippen LogP contribution in [0, 0.1) is 0 Å². The number of phenolic OH excluding ortho intramolecular Hbond substituents is 2. The third kappa shape index (κ3) is 3.73. The van der Waals surface area contributed by atoms with E-state index in [1.165, 1.54) is 18.2 Å². The number of carbonyl (C=O) groups is 1. The molecule has 0 amide bonds. The van der Waals surface area contributed by atoms with Crippen molar-refractivity contribution in [1.82, 2.24) is 0 Å². The summed E-state index contributed by atoms with van der Waals surface area (Å²) in [6.07, 6.45) is 0.458. The van der Waals surface area contributed by atoms with Crippen LogP contribution in [-0.4, -0.2) is 16.0 Å². The first-order valence-electron chi connectivity index (χ1n) is 9.76. The number of phenols is 2. The molecule has 1 aromatic heterocycles. The topological polar surface area (TPSA) is 132 Å². The fourth-order valence-corrected chi connectivity index (χ4v) is 3.47. The quantitative estimate of drug-likeness (QED) is 0.207. The summed E-state index contributed by atoms with van der Waals surface area (Å²) >= 11 is 0. The molecule has 31 heavy (non-hydrogen) atoms. The number of nitrogen functional groups attached to an aromatic ring is 2. The van der Waals surface area contributed by atoms with E-state index in [1.807, 2.05) is 37.3 Å². The maximum absolute atomic E-state index is 13.3. The number of fused-ring (bicyclic) bond motifs is 1. The van der Waals surface area contributed by atoms with Gasteiger partial charge in [0, 0.05) is 23.4 Å². The van der Waals surface area contributed by atoms with Crippen LogP contribution in [-0.2, 0) is 13.0 Å². The van der Waals surface area contributed by atoms with Gasteiger partial charge in [0.25, 0.3) is 0 Å². The van der Waals surface area contributed by atoms with E-state index in [4.69, 9.17) is 20.6 Å². The lowest BCUT2D eigenvalue weighted by Crippen LogP contribution is -2.06. The highest BCUT2D eigenvalue weighted by atomic mass is 16.5. The third-order valence-corrected chi connectivity index (χ3v) is 5.06. The van der Waals surface area contributed by atoms with Gasteiger partial charge in [-0.2, -0.15) is 0 Å². The number of aryl methyl sites for hydroxylation is 1. The molecule has 4 aromatic rings. The number of aromatic hydroxyl groups is 2. The van der Waals surface area contributed by atoms with Gasteiger partial charge in [-0.25, -0.2) is 0 Å². The van der Waals surface area contributed by atoms with E-state index < -0.39 is 0 Å². The number of furan rings is 1. The van der Waals surface area contributed by atoms with Crippen molar-refractivity contribution in [3.8, 4) is 17.2 Å². The van der Waals surface area contributed by atoms with Crippen molar-refractivity contribution in [3.05, 3.63) is 77.0 Å². The first-order valence-corrected chi connectivity index (χ1v) is 9.76. The second-order valence-corrected chi connectivity index (χ2v) is 7.18. The lowest BCUT2D eigenvalue weighted by Gasteiger charge is -2.09. The Labute approximate surface area is 178 Å². The van der Waals surface area contributed by atoms with E-state index in [9.17, 15) is 15.0 Å². The first-order chi connectivity index (χ1) is 14.9. The molecule has 0 saturated heterocycles. The molecule has 7 nitrogen and oxygen atoms in total. The molecule has 3 aromatic carbocycles. The van der Waals surface area contributed by atoms with Crippen molar-refractivity contribution < 1.29 is 24.2 Å². The standard InChI is InChI=1S/C24H22N2O5/c1-2-19-22(23(28)14-8-16(25)24(29)17(26)9-14)15-10-18(27)21(11-20(15)31-19)30-12-13-6-4-3-5-7-13/h3-11,27,29H,2,12,25-26H2,1H3. The molecule has 0 radical (unpaired) electrons. The minimum Gasteiger partial charge on any atom is -0.504 e. The highest BCUT2D eigenvalue weighted by molar-refractivity contribution is 6.18. The lowest BCUT2D eigenvalue weighted by molar-refractivity contribution is 0.103. The molecule has 0 aliphatic rings. The van der Waals surface area contributed by atoms with Gasteiger partial charge in [-0.05, 0) is 23.8 Å². The maximum Gasteiger partial charge on any atom is 0.197 e. The molecule has 0 fully saturated rings. The van der Waals surface area contributed by atoms with Gasteiger partial charge in [-0.3, -0.25) is 4.79 Å². The predicted molar refractivity (Wildman–Crippen MR) is 118 cm³/mol. The molecule has 7 heteroatoms. The largest absolute Gasteiger partial charge is 0.504 e. The van der Waals surface area contributed by atoms with Crippen molar-refractivity contribution in [3.63, 3.8) is 0 Å². The van der Waals surface area contributed by atoms with Crippen molar-refractivity contribution >= 4 is 28.1 Å². The minimum absolute atomic E-state index is 0.00800. The van der Waals surface area contributed by atoms with E-state index in [1.54, 1.807) is 6.07 Å². The van der Waals surface area contributed by atoms with Crippen LogP contribution in [0.15, 0.2) is 59.0 Å². The summed E-state index contributed by atoms with van der Waals surface area (Å²) in [4.78, 5) is 13.3. The molecule has 4 rings (SSSR count). The van der Waals surface area contributed by atoms with E-state index in [-0.39, 0.29) is 46.6 Å². The zero-order chi connectivity index (χ0) is 22.1. The summed E-state index contributed by atoms with van der Waals surface area (Å²) in [6.45, 7) is 2.14. The van der Waals surface area contributed by atoms with Gasteiger partial charge in [-0.15, -0.1) is 0 Å². The van der Waals surface area contributed by atoms with Crippen LogP contribution in [0.1, 0.15) is 34.2 Å². The number of anilines is 2. The fourth-order valence-electron chi connectivity index (χ4n) is 3.47. The van der Waals surface area contributed by atoms with Gasteiger partial charge < -0.3 is 30.8 Å². The zero-order valence-corrected chi connectivity index (χ0v) is 16.9. The van der Waals surface area contributed by atoms with Crippen molar-refractivity contribution in [2.24, 2.45) is 0 Å². The molecule has 0 aliphatic carbocycles. The summed E-state index contributed by atoms with van der Waals surface area (Å²) < 4.78 is 11.6. The second kappa shape index (κ2) is 7.95. The molecule has 0 unspecified atom stereocenters. The first kappa shape index (κ1) is 20.2. The van der Waals surface area contributed by atoms with E-state index >= 15 is 0 Å². The minimum atomic E-state index is -0.369. The Morgan fingerprint density at radius 1 is 1.03 bits per heavy atom. The lowest BCUT2D eigenvalue weighted by atomic mass is 9.98. The van der Waals surface area contributed by atoms with Crippen LogP contribution in [0.4, 0.5) is 11.4 Å². The Morgan fingerprint density at radius 3 is 2.35 bits per heavy atom. The Kier molecular flexibility index (Phi) is 5.17. The van der Waals surface area contributed by atoms with Crippen LogP contribution < -0.4 is 16.2 Å². The maximum atomic E-state index is 13.3. The smallest absolute Gasteiger partial charge is 0.197 e. The normalized spacial score (nSPS) is 11.0. The Balaban J connectivity index is 1.74. The van der Waals surface area contributed by atoms with E-state index in [0.717, 1.165) is 5.56 Å². The Bertz CT molecular complexity index is 1260. The van der Waals surface area contributed by atoms with Gasteiger partial charge in [0.2, 0.25) is 0 Å². The molecule has 6 N–H and O–H groups in total. The molecule has 0 saturated carbocycles. The monoisotopic (exact) mass is 418 g/mol. The number of carbonyl (C=O) groups excluding carboxylic acids is 1. The summed E-state index contributed by atoms with van der Waals surface area (Å²) in [5.41, 5.74) is 13.4. The van der Waals surface area contributed by atoms with Gasteiger partial charge in [0.15, 0.2) is 23.0 Å². The average Bonchev–Trinajstić information content (AvgIpc) is 3.12. The highest BCUT2D eigenvalue weighted by Crippen LogP contribution is 2.38. The zero-order valence-electron chi connectivity index (χ0n) is 16.9. The van der Waals surface area contributed by atoms with Gasteiger partial charge in [-0.1, -0.05) is 37.3 Å². The van der Waals surface area contributed by atoms with Crippen LogP contribution in [0.3, 0.4) is 0 Å². The summed E-state index contributed by atoms with van der Waals surface area (Å²) in [7, 11) is 0.